The van der Waals surface area contributed by atoms with E-state index in [1.807, 2.05) is 25.8 Å². The largest absolute Gasteiger partial charge is 0.418 e. The van der Waals surface area contributed by atoms with E-state index in [0.717, 1.165) is 6.54 Å². The lowest BCUT2D eigenvalue weighted by molar-refractivity contribution is -0.137. The zero-order chi connectivity index (χ0) is 15.8. The summed E-state index contributed by atoms with van der Waals surface area (Å²) in [5.41, 5.74) is 5.46. The van der Waals surface area contributed by atoms with Gasteiger partial charge in [0, 0.05) is 37.4 Å². The van der Waals surface area contributed by atoms with Crippen LogP contribution in [-0.2, 0) is 12.7 Å². The number of halogens is 3. The Labute approximate surface area is 123 Å². The van der Waals surface area contributed by atoms with Crippen molar-refractivity contribution in [2.24, 2.45) is 5.73 Å². The van der Waals surface area contributed by atoms with Gasteiger partial charge in [0.2, 0.25) is 0 Å². The van der Waals surface area contributed by atoms with Gasteiger partial charge >= 0.3 is 6.18 Å². The van der Waals surface area contributed by atoms with Gasteiger partial charge in [-0.15, -0.1) is 0 Å². The van der Waals surface area contributed by atoms with Gasteiger partial charge in [-0.05, 0) is 38.6 Å². The smallest absolute Gasteiger partial charge is 0.368 e. The number of benzene rings is 1. The summed E-state index contributed by atoms with van der Waals surface area (Å²) in [6, 6.07) is 4.39. The third-order valence-corrected chi connectivity index (χ3v) is 4.26. The van der Waals surface area contributed by atoms with Gasteiger partial charge in [0.1, 0.15) is 0 Å². The molecule has 2 N–H and O–H groups in total. The third kappa shape index (κ3) is 3.32. The Morgan fingerprint density at radius 1 is 1.24 bits per heavy atom. The molecule has 1 aromatic rings. The summed E-state index contributed by atoms with van der Waals surface area (Å²) in [6.07, 6.45) is -4.37. The molecule has 0 bridgehead atoms. The monoisotopic (exact) mass is 301 g/mol. The molecular formula is C15H22F3N3. The van der Waals surface area contributed by atoms with E-state index < -0.39 is 11.7 Å². The van der Waals surface area contributed by atoms with Crippen LogP contribution < -0.4 is 10.6 Å². The number of hydrogen-bond donors (Lipinski definition) is 1. The van der Waals surface area contributed by atoms with Crippen LogP contribution in [0.4, 0.5) is 18.9 Å². The molecule has 0 saturated carbocycles. The van der Waals surface area contributed by atoms with Crippen molar-refractivity contribution in [1.29, 1.82) is 0 Å². The minimum absolute atomic E-state index is 0.109. The van der Waals surface area contributed by atoms with E-state index in [1.165, 1.54) is 6.07 Å². The molecule has 1 aliphatic heterocycles. The molecule has 0 spiro atoms. The quantitative estimate of drug-likeness (QED) is 0.911. The number of piperazine rings is 1. The van der Waals surface area contributed by atoms with Crippen LogP contribution in [0.3, 0.4) is 0 Å². The molecule has 0 aliphatic carbocycles. The summed E-state index contributed by atoms with van der Waals surface area (Å²) >= 11 is 0. The van der Waals surface area contributed by atoms with Crippen molar-refractivity contribution in [2.75, 3.05) is 31.6 Å². The Bertz CT molecular complexity index is 511. The molecule has 6 heteroatoms. The fourth-order valence-corrected chi connectivity index (χ4v) is 2.66. The molecule has 1 saturated heterocycles. The first kappa shape index (κ1) is 16.1. The number of rotatable bonds is 2. The first-order valence-corrected chi connectivity index (χ1v) is 7.01. The normalized spacial score (nSPS) is 19.9. The minimum atomic E-state index is -4.37. The lowest BCUT2D eigenvalue weighted by atomic mass is 9.98. The van der Waals surface area contributed by atoms with Crippen molar-refractivity contribution < 1.29 is 13.2 Å². The fraction of sp³-hybridized carbons (Fsp3) is 0.600. The van der Waals surface area contributed by atoms with E-state index in [1.54, 1.807) is 12.1 Å². The second kappa shape index (κ2) is 5.50. The van der Waals surface area contributed by atoms with Gasteiger partial charge in [0.05, 0.1) is 5.56 Å². The zero-order valence-corrected chi connectivity index (χ0v) is 12.7. The van der Waals surface area contributed by atoms with E-state index in [-0.39, 0.29) is 17.8 Å². The molecule has 0 aromatic heterocycles. The molecule has 0 atom stereocenters. The maximum Gasteiger partial charge on any atom is 0.418 e. The lowest BCUT2D eigenvalue weighted by Crippen LogP contribution is -2.58. The SMILES string of the molecule is CN1CCN(c2ccc(CN)cc2C(F)(F)F)CC1(C)C. The van der Waals surface area contributed by atoms with Crippen molar-refractivity contribution >= 4 is 5.69 Å². The maximum atomic E-state index is 13.3. The molecular weight excluding hydrogens is 279 g/mol. The highest BCUT2D eigenvalue weighted by Gasteiger charge is 2.38. The number of hydrogen-bond acceptors (Lipinski definition) is 3. The standard InChI is InChI=1S/C15H22F3N3/c1-14(2)10-21(7-6-20(14)3)13-5-4-11(9-19)8-12(13)15(16,17)18/h4-5,8H,6-7,9-10,19H2,1-3H3. The average Bonchev–Trinajstić information content (AvgIpc) is 2.40. The highest BCUT2D eigenvalue weighted by Crippen LogP contribution is 2.38. The van der Waals surface area contributed by atoms with Crippen molar-refractivity contribution in [3.05, 3.63) is 29.3 Å². The van der Waals surface area contributed by atoms with Crippen LogP contribution in [0, 0.1) is 0 Å². The minimum Gasteiger partial charge on any atom is -0.368 e. The number of alkyl halides is 3. The maximum absolute atomic E-state index is 13.3. The van der Waals surface area contributed by atoms with Crippen molar-refractivity contribution in [3.63, 3.8) is 0 Å². The molecule has 3 nitrogen and oxygen atoms in total. The summed E-state index contributed by atoms with van der Waals surface area (Å²) in [4.78, 5) is 3.99. The van der Waals surface area contributed by atoms with Gasteiger partial charge in [0.25, 0.3) is 0 Å². The van der Waals surface area contributed by atoms with Gasteiger partial charge in [-0.1, -0.05) is 6.07 Å². The topological polar surface area (TPSA) is 32.5 Å². The number of nitrogens with two attached hydrogens (primary N) is 1. The molecule has 1 aromatic carbocycles. The van der Waals surface area contributed by atoms with Crippen molar-refractivity contribution in [1.82, 2.24) is 4.90 Å². The predicted molar refractivity (Wildman–Crippen MR) is 78.3 cm³/mol. The molecule has 1 fully saturated rings. The van der Waals surface area contributed by atoms with E-state index in [2.05, 4.69) is 4.90 Å². The summed E-state index contributed by atoms with van der Waals surface area (Å²) < 4.78 is 39.9. The van der Waals surface area contributed by atoms with Crippen molar-refractivity contribution in [2.45, 2.75) is 32.1 Å². The zero-order valence-electron chi connectivity index (χ0n) is 12.7. The molecule has 1 aliphatic rings. The highest BCUT2D eigenvalue weighted by molar-refractivity contribution is 5.57. The van der Waals surface area contributed by atoms with Gasteiger partial charge in [-0.2, -0.15) is 13.2 Å². The Kier molecular flexibility index (Phi) is 4.22. The van der Waals surface area contributed by atoms with Gasteiger partial charge < -0.3 is 10.6 Å². The van der Waals surface area contributed by atoms with Crippen LogP contribution in [-0.4, -0.2) is 37.1 Å². The molecule has 0 amide bonds. The van der Waals surface area contributed by atoms with Crippen LogP contribution in [0.25, 0.3) is 0 Å². The van der Waals surface area contributed by atoms with Crippen LogP contribution in [0.1, 0.15) is 25.0 Å². The summed E-state index contributed by atoms with van der Waals surface area (Å²) in [7, 11) is 2.00. The van der Waals surface area contributed by atoms with Crippen LogP contribution >= 0.6 is 0 Å². The van der Waals surface area contributed by atoms with Crippen LogP contribution in [0.5, 0.6) is 0 Å². The molecule has 0 radical (unpaired) electrons. The Balaban J connectivity index is 2.40. The lowest BCUT2D eigenvalue weighted by Gasteiger charge is -2.46. The summed E-state index contributed by atoms with van der Waals surface area (Å²) in [6.45, 7) is 6.08. The van der Waals surface area contributed by atoms with Gasteiger partial charge in [-0.25, -0.2) is 0 Å². The average molecular weight is 301 g/mol. The first-order chi connectivity index (χ1) is 9.65. The van der Waals surface area contributed by atoms with E-state index >= 15 is 0 Å². The van der Waals surface area contributed by atoms with Crippen LogP contribution in [0.2, 0.25) is 0 Å². The first-order valence-electron chi connectivity index (χ1n) is 7.01. The van der Waals surface area contributed by atoms with E-state index in [4.69, 9.17) is 5.73 Å². The molecule has 2 rings (SSSR count). The second-order valence-corrected chi connectivity index (χ2v) is 6.21. The van der Waals surface area contributed by atoms with Crippen molar-refractivity contribution in [3.8, 4) is 0 Å². The summed E-state index contributed by atoms with van der Waals surface area (Å²) in [5.74, 6) is 0. The van der Waals surface area contributed by atoms with E-state index in [9.17, 15) is 13.2 Å². The molecule has 1 heterocycles. The Morgan fingerprint density at radius 2 is 1.90 bits per heavy atom. The van der Waals surface area contributed by atoms with E-state index in [0.29, 0.717) is 18.7 Å². The van der Waals surface area contributed by atoms with Gasteiger partial charge in [0.15, 0.2) is 0 Å². The summed E-state index contributed by atoms with van der Waals surface area (Å²) in [5, 5.41) is 0. The highest BCUT2D eigenvalue weighted by atomic mass is 19.4. The fourth-order valence-electron chi connectivity index (χ4n) is 2.66. The Hall–Kier alpha value is -1.27. The number of likely N-dealkylation sites (N-methyl/N-ethyl adjacent to an activating group) is 1. The number of anilines is 1. The third-order valence-electron chi connectivity index (χ3n) is 4.26. The number of nitrogens with zero attached hydrogens (tertiary/aromatic N) is 2. The van der Waals surface area contributed by atoms with Crippen LogP contribution in [0.15, 0.2) is 18.2 Å². The molecule has 21 heavy (non-hydrogen) atoms. The second-order valence-electron chi connectivity index (χ2n) is 6.21. The molecule has 0 unspecified atom stereocenters. The van der Waals surface area contributed by atoms with Gasteiger partial charge in [-0.3, -0.25) is 4.90 Å². The predicted octanol–water partition coefficient (Wildman–Crippen LogP) is 2.69. The Morgan fingerprint density at radius 3 is 2.43 bits per heavy atom. The molecule has 118 valence electrons.